The van der Waals surface area contributed by atoms with E-state index in [1.807, 2.05) is 36.1 Å². The third-order valence-corrected chi connectivity index (χ3v) is 5.17. The Hall–Kier alpha value is -1.51. The molecule has 0 aromatic heterocycles. The number of nitrogens with two attached hydrogens (primary N) is 1. The van der Waals surface area contributed by atoms with Crippen LogP contribution < -0.4 is 10.6 Å². The number of rotatable bonds is 4. The molecule has 1 amide bonds. The zero-order valence-corrected chi connectivity index (χ0v) is 12.2. The number of benzene rings is 1. The number of fused-ring (bicyclic) bond motifs is 2. The smallest absolute Gasteiger partial charge is 0.227 e. The molecule has 2 N–H and O–H groups in total. The van der Waals surface area contributed by atoms with Crippen LogP contribution in [0.25, 0.3) is 0 Å². The molecule has 1 aromatic rings. The Kier molecular flexibility index (Phi) is 3.68. The van der Waals surface area contributed by atoms with Crippen molar-refractivity contribution >= 4 is 17.3 Å². The van der Waals surface area contributed by atoms with Gasteiger partial charge in [0.15, 0.2) is 0 Å². The Morgan fingerprint density at radius 2 is 2.10 bits per heavy atom. The number of hydrogen-bond donors (Lipinski definition) is 1. The van der Waals surface area contributed by atoms with E-state index in [9.17, 15) is 4.79 Å². The summed E-state index contributed by atoms with van der Waals surface area (Å²) in [4.78, 5) is 14.5. The fourth-order valence-corrected chi connectivity index (χ4v) is 4.18. The molecule has 20 heavy (non-hydrogen) atoms. The highest BCUT2D eigenvalue weighted by atomic mass is 16.2. The number of carbonyl (C=O) groups excluding carboxylic acids is 1. The van der Waals surface area contributed by atoms with Gasteiger partial charge >= 0.3 is 0 Å². The van der Waals surface area contributed by atoms with Gasteiger partial charge in [0, 0.05) is 13.0 Å². The van der Waals surface area contributed by atoms with Crippen molar-refractivity contribution in [2.45, 2.75) is 39.0 Å². The van der Waals surface area contributed by atoms with Crippen molar-refractivity contribution in [3.63, 3.8) is 0 Å². The number of nitrogen functional groups attached to an aromatic ring is 1. The molecule has 108 valence electrons. The SMILES string of the molecule is CCN(C(=O)CC1CC2CCC1C2)c1ccccc1N. The lowest BCUT2D eigenvalue weighted by Gasteiger charge is -2.27. The van der Waals surface area contributed by atoms with Gasteiger partial charge in [-0.3, -0.25) is 4.79 Å². The molecule has 0 spiro atoms. The van der Waals surface area contributed by atoms with Gasteiger partial charge in [0.05, 0.1) is 11.4 Å². The van der Waals surface area contributed by atoms with Crippen LogP contribution >= 0.6 is 0 Å². The predicted octanol–water partition coefficient (Wildman–Crippen LogP) is 3.45. The lowest BCUT2D eigenvalue weighted by Crippen LogP contribution is -2.33. The second kappa shape index (κ2) is 5.47. The fourth-order valence-electron chi connectivity index (χ4n) is 4.18. The summed E-state index contributed by atoms with van der Waals surface area (Å²) in [6.07, 6.45) is 6.04. The molecule has 1 aromatic carbocycles. The van der Waals surface area contributed by atoms with E-state index >= 15 is 0 Å². The minimum Gasteiger partial charge on any atom is -0.397 e. The van der Waals surface area contributed by atoms with E-state index in [4.69, 9.17) is 5.73 Å². The summed E-state index contributed by atoms with van der Waals surface area (Å²) < 4.78 is 0. The Labute approximate surface area is 121 Å². The lowest BCUT2D eigenvalue weighted by atomic mass is 9.86. The van der Waals surface area contributed by atoms with E-state index < -0.39 is 0 Å². The summed E-state index contributed by atoms with van der Waals surface area (Å²) in [5.41, 5.74) is 7.56. The average molecular weight is 272 g/mol. The fraction of sp³-hybridized carbons (Fsp3) is 0.588. The van der Waals surface area contributed by atoms with Crippen molar-refractivity contribution in [1.29, 1.82) is 0 Å². The average Bonchev–Trinajstić information content (AvgIpc) is 3.04. The summed E-state index contributed by atoms with van der Waals surface area (Å²) in [6, 6.07) is 7.66. The molecule has 2 aliphatic rings. The summed E-state index contributed by atoms with van der Waals surface area (Å²) in [6.45, 7) is 2.71. The van der Waals surface area contributed by atoms with Crippen LogP contribution in [0.3, 0.4) is 0 Å². The molecule has 3 unspecified atom stereocenters. The molecule has 2 fully saturated rings. The highest BCUT2D eigenvalue weighted by molar-refractivity contribution is 5.96. The zero-order valence-electron chi connectivity index (χ0n) is 12.2. The minimum atomic E-state index is 0.239. The summed E-state index contributed by atoms with van der Waals surface area (Å²) in [5.74, 6) is 2.55. The van der Waals surface area contributed by atoms with Gasteiger partial charge in [0.1, 0.15) is 0 Å². The van der Waals surface area contributed by atoms with Crippen LogP contribution in [0.1, 0.15) is 39.0 Å². The van der Waals surface area contributed by atoms with Crippen molar-refractivity contribution in [1.82, 2.24) is 0 Å². The van der Waals surface area contributed by atoms with E-state index in [1.165, 1.54) is 25.7 Å². The molecule has 0 heterocycles. The van der Waals surface area contributed by atoms with E-state index in [0.717, 1.165) is 17.5 Å². The molecule has 0 radical (unpaired) electrons. The summed E-state index contributed by atoms with van der Waals surface area (Å²) >= 11 is 0. The molecule has 0 aliphatic heterocycles. The van der Waals surface area contributed by atoms with Crippen molar-refractivity contribution in [2.75, 3.05) is 17.2 Å². The quantitative estimate of drug-likeness (QED) is 0.853. The first-order valence-corrected chi connectivity index (χ1v) is 7.84. The number of hydrogen-bond acceptors (Lipinski definition) is 2. The lowest BCUT2D eigenvalue weighted by molar-refractivity contribution is -0.119. The van der Waals surface area contributed by atoms with E-state index in [-0.39, 0.29) is 5.91 Å². The highest BCUT2D eigenvalue weighted by Crippen LogP contribution is 2.49. The molecular formula is C17H24N2O. The number of anilines is 2. The Morgan fingerprint density at radius 1 is 1.30 bits per heavy atom. The highest BCUT2D eigenvalue weighted by Gasteiger charge is 2.40. The van der Waals surface area contributed by atoms with Gasteiger partial charge in [0.2, 0.25) is 5.91 Å². The van der Waals surface area contributed by atoms with Crippen LogP contribution in [-0.4, -0.2) is 12.5 Å². The Balaban J connectivity index is 1.70. The molecular weight excluding hydrogens is 248 g/mol. The van der Waals surface area contributed by atoms with E-state index in [0.29, 0.717) is 24.6 Å². The largest absolute Gasteiger partial charge is 0.397 e. The maximum Gasteiger partial charge on any atom is 0.227 e. The normalized spacial score (nSPS) is 27.8. The maximum atomic E-state index is 12.6. The van der Waals surface area contributed by atoms with Gasteiger partial charge in [-0.25, -0.2) is 0 Å². The van der Waals surface area contributed by atoms with Crippen molar-refractivity contribution in [2.24, 2.45) is 17.8 Å². The molecule has 3 nitrogen and oxygen atoms in total. The standard InChI is InChI=1S/C17H24N2O/c1-2-19(16-6-4-3-5-15(16)18)17(20)11-14-10-12-7-8-13(14)9-12/h3-6,12-14H,2,7-11,18H2,1H3. The molecule has 3 rings (SSSR count). The van der Waals surface area contributed by atoms with Crippen LogP contribution in [0.4, 0.5) is 11.4 Å². The van der Waals surface area contributed by atoms with Gasteiger partial charge in [-0.2, -0.15) is 0 Å². The van der Waals surface area contributed by atoms with Crippen LogP contribution in [0.5, 0.6) is 0 Å². The third-order valence-electron chi connectivity index (χ3n) is 5.17. The first-order chi connectivity index (χ1) is 9.69. The van der Waals surface area contributed by atoms with Crippen molar-refractivity contribution in [3.05, 3.63) is 24.3 Å². The van der Waals surface area contributed by atoms with Gasteiger partial charge in [-0.05, 0) is 56.1 Å². The Morgan fingerprint density at radius 3 is 2.70 bits per heavy atom. The second-order valence-corrected chi connectivity index (χ2v) is 6.34. The second-order valence-electron chi connectivity index (χ2n) is 6.34. The van der Waals surface area contributed by atoms with E-state index in [1.54, 1.807) is 0 Å². The molecule has 2 aliphatic carbocycles. The molecule has 2 bridgehead atoms. The minimum absolute atomic E-state index is 0.239. The first-order valence-electron chi connectivity index (χ1n) is 7.84. The molecule has 0 saturated heterocycles. The summed E-state index contributed by atoms with van der Waals surface area (Å²) in [5, 5.41) is 0. The van der Waals surface area contributed by atoms with Crippen LogP contribution in [0.2, 0.25) is 0 Å². The van der Waals surface area contributed by atoms with Gasteiger partial charge in [0.25, 0.3) is 0 Å². The van der Waals surface area contributed by atoms with E-state index in [2.05, 4.69) is 0 Å². The van der Waals surface area contributed by atoms with Crippen molar-refractivity contribution < 1.29 is 4.79 Å². The summed E-state index contributed by atoms with van der Waals surface area (Å²) in [7, 11) is 0. The van der Waals surface area contributed by atoms with Gasteiger partial charge < -0.3 is 10.6 Å². The first kappa shape index (κ1) is 13.5. The topological polar surface area (TPSA) is 46.3 Å². The molecule has 3 atom stereocenters. The van der Waals surface area contributed by atoms with Gasteiger partial charge in [-0.1, -0.05) is 18.6 Å². The zero-order chi connectivity index (χ0) is 14.1. The Bertz CT molecular complexity index is 500. The van der Waals surface area contributed by atoms with Crippen LogP contribution in [-0.2, 0) is 4.79 Å². The number of nitrogens with zero attached hydrogens (tertiary/aromatic N) is 1. The van der Waals surface area contributed by atoms with Gasteiger partial charge in [-0.15, -0.1) is 0 Å². The predicted molar refractivity (Wildman–Crippen MR) is 82.4 cm³/mol. The number of para-hydroxylation sites is 2. The third kappa shape index (κ3) is 2.41. The maximum absolute atomic E-state index is 12.6. The molecule has 2 saturated carbocycles. The van der Waals surface area contributed by atoms with Crippen molar-refractivity contribution in [3.8, 4) is 0 Å². The number of amides is 1. The van der Waals surface area contributed by atoms with Crippen LogP contribution in [0.15, 0.2) is 24.3 Å². The van der Waals surface area contributed by atoms with Crippen LogP contribution in [0, 0.1) is 17.8 Å². The monoisotopic (exact) mass is 272 g/mol. The number of carbonyl (C=O) groups is 1. The molecule has 3 heteroatoms.